The van der Waals surface area contributed by atoms with Gasteiger partial charge in [-0.1, -0.05) is 18.2 Å². The summed E-state index contributed by atoms with van der Waals surface area (Å²) in [7, 11) is 0. The molecule has 0 unspecified atom stereocenters. The first kappa shape index (κ1) is 17.7. The highest BCUT2D eigenvalue weighted by atomic mass is 19.1. The molecule has 2 heterocycles. The fraction of sp³-hybridized carbons (Fsp3) is 0.0476. The SMILES string of the molecule is Cc1nn(-c2ccccc2)c(-n2cccc2)c1C(=O)Nc1cc(F)ccc1F. The van der Waals surface area contributed by atoms with Gasteiger partial charge in [-0.3, -0.25) is 4.79 Å². The average Bonchev–Trinajstić information content (AvgIpc) is 3.33. The van der Waals surface area contributed by atoms with Crippen molar-refractivity contribution in [2.45, 2.75) is 6.92 Å². The molecule has 0 aliphatic carbocycles. The number of para-hydroxylation sites is 1. The Labute approximate surface area is 159 Å². The molecule has 4 aromatic rings. The van der Waals surface area contributed by atoms with Gasteiger partial charge in [-0.15, -0.1) is 0 Å². The zero-order chi connectivity index (χ0) is 19.7. The van der Waals surface area contributed by atoms with E-state index in [2.05, 4.69) is 10.4 Å². The second-order valence-electron chi connectivity index (χ2n) is 6.20. The molecular weight excluding hydrogens is 362 g/mol. The van der Waals surface area contributed by atoms with E-state index in [1.54, 1.807) is 28.6 Å². The molecule has 0 saturated heterocycles. The van der Waals surface area contributed by atoms with Gasteiger partial charge in [0.05, 0.1) is 17.1 Å². The summed E-state index contributed by atoms with van der Waals surface area (Å²) in [4.78, 5) is 13.0. The van der Waals surface area contributed by atoms with Crippen molar-refractivity contribution in [3.8, 4) is 11.5 Å². The minimum absolute atomic E-state index is 0.227. The number of halogens is 2. The molecule has 0 radical (unpaired) electrons. The normalized spacial score (nSPS) is 10.8. The van der Waals surface area contributed by atoms with Crippen molar-refractivity contribution < 1.29 is 13.6 Å². The molecule has 0 fully saturated rings. The van der Waals surface area contributed by atoms with Crippen molar-refractivity contribution in [3.63, 3.8) is 0 Å². The Morgan fingerprint density at radius 2 is 1.71 bits per heavy atom. The van der Waals surface area contributed by atoms with Crippen LogP contribution in [0.5, 0.6) is 0 Å². The first-order valence-corrected chi connectivity index (χ1v) is 8.59. The quantitative estimate of drug-likeness (QED) is 0.568. The molecule has 2 aromatic heterocycles. The van der Waals surface area contributed by atoms with Gasteiger partial charge in [0.1, 0.15) is 17.2 Å². The van der Waals surface area contributed by atoms with Gasteiger partial charge in [0.25, 0.3) is 5.91 Å². The Morgan fingerprint density at radius 3 is 2.43 bits per heavy atom. The van der Waals surface area contributed by atoms with E-state index in [9.17, 15) is 13.6 Å². The van der Waals surface area contributed by atoms with Gasteiger partial charge in [0.2, 0.25) is 0 Å². The minimum atomic E-state index is -0.717. The highest BCUT2D eigenvalue weighted by Gasteiger charge is 2.24. The van der Waals surface area contributed by atoms with Gasteiger partial charge in [0, 0.05) is 18.5 Å². The van der Waals surface area contributed by atoms with Crippen LogP contribution in [-0.2, 0) is 0 Å². The van der Waals surface area contributed by atoms with Crippen LogP contribution >= 0.6 is 0 Å². The fourth-order valence-electron chi connectivity index (χ4n) is 3.02. The third kappa shape index (κ3) is 3.18. The largest absolute Gasteiger partial charge is 0.319 e. The molecule has 5 nitrogen and oxygen atoms in total. The number of aromatic nitrogens is 3. The lowest BCUT2D eigenvalue weighted by Gasteiger charge is -2.11. The summed E-state index contributed by atoms with van der Waals surface area (Å²) >= 11 is 0. The summed E-state index contributed by atoms with van der Waals surface area (Å²) in [5, 5.41) is 6.96. The lowest BCUT2D eigenvalue weighted by molar-refractivity contribution is 0.102. The molecule has 2 aromatic carbocycles. The predicted molar refractivity (Wildman–Crippen MR) is 102 cm³/mol. The van der Waals surface area contributed by atoms with E-state index in [0.717, 1.165) is 23.9 Å². The lowest BCUT2D eigenvalue weighted by atomic mass is 10.2. The molecule has 28 heavy (non-hydrogen) atoms. The maximum absolute atomic E-state index is 14.0. The number of nitrogens with one attached hydrogen (secondary N) is 1. The number of hydrogen-bond donors (Lipinski definition) is 1. The van der Waals surface area contributed by atoms with Crippen molar-refractivity contribution >= 4 is 11.6 Å². The molecule has 1 amide bonds. The molecule has 0 aliphatic heterocycles. The molecule has 4 rings (SSSR count). The Kier molecular flexibility index (Phi) is 4.49. The molecule has 0 bridgehead atoms. The van der Waals surface area contributed by atoms with Crippen LogP contribution in [0.15, 0.2) is 73.1 Å². The van der Waals surface area contributed by atoms with Crippen LogP contribution in [0.3, 0.4) is 0 Å². The molecule has 1 N–H and O–H groups in total. The number of hydrogen-bond acceptors (Lipinski definition) is 2. The zero-order valence-corrected chi connectivity index (χ0v) is 14.9. The van der Waals surface area contributed by atoms with E-state index in [1.807, 2.05) is 42.5 Å². The van der Waals surface area contributed by atoms with Crippen molar-refractivity contribution in [3.05, 3.63) is 95.9 Å². The Bertz CT molecular complexity index is 1130. The van der Waals surface area contributed by atoms with Gasteiger partial charge >= 0.3 is 0 Å². The highest BCUT2D eigenvalue weighted by Crippen LogP contribution is 2.25. The topological polar surface area (TPSA) is 51.9 Å². The van der Waals surface area contributed by atoms with Crippen molar-refractivity contribution in [1.82, 2.24) is 14.3 Å². The summed E-state index contributed by atoms with van der Waals surface area (Å²) in [6, 6.07) is 15.9. The number of carbonyl (C=O) groups excluding carboxylic acids is 1. The molecule has 0 saturated carbocycles. The van der Waals surface area contributed by atoms with E-state index >= 15 is 0 Å². The standard InChI is InChI=1S/C21H16F2N4O/c1-14-19(20(28)24-18-13-15(22)9-10-17(18)23)21(26-11-5-6-12-26)27(25-14)16-7-3-2-4-8-16/h2-13H,1H3,(H,24,28). The van der Waals surface area contributed by atoms with Crippen molar-refractivity contribution in [2.75, 3.05) is 5.32 Å². The van der Waals surface area contributed by atoms with E-state index in [-0.39, 0.29) is 11.3 Å². The molecule has 0 aliphatic rings. The van der Waals surface area contributed by atoms with Crippen molar-refractivity contribution in [2.24, 2.45) is 0 Å². The number of anilines is 1. The number of benzene rings is 2. The summed E-state index contributed by atoms with van der Waals surface area (Å²) in [6.45, 7) is 1.70. The monoisotopic (exact) mass is 378 g/mol. The summed E-state index contributed by atoms with van der Waals surface area (Å²) in [6.07, 6.45) is 3.57. The first-order valence-electron chi connectivity index (χ1n) is 8.59. The molecular formula is C21H16F2N4O. The van der Waals surface area contributed by atoms with Crippen molar-refractivity contribution in [1.29, 1.82) is 0 Å². The summed E-state index contributed by atoms with van der Waals surface area (Å²) in [5.41, 5.74) is 1.27. The molecule has 7 heteroatoms. The van der Waals surface area contributed by atoms with Crippen LogP contribution in [0, 0.1) is 18.6 Å². The number of rotatable bonds is 4. The maximum atomic E-state index is 14.0. The second-order valence-corrected chi connectivity index (χ2v) is 6.20. The van der Waals surface area contributed by atoms with Gasteiger partial charge < -0.3 is 9.88 Å². The third-order valence-corrected chi connectivity index (χ3v) is 4.29. The third-order valence-electron chi connectivity index (χ3n) is 4.29. The summed E-state index contributed by atoms with van der Waals surface area (Å²) in [5.74, 6) is -1.43. The van der Waals surface area contributed by atoms with Crippen LogP contribution in [0.25, 0.3) is 11.5 Å². The zero-order valence-electron chi connectivity index (χ0n) is 14.9. The maximum Gasteiger partial charge on any atom is 0.261 e. The van der Waals surface area contributed by atoms with E-state index in [0.29, 0.717) is 11.5 Å². The smallest absolute Gasteiger partial charge is 0.261 e. The molecule has 0 atom stereocenters. The van der Waals surface area contributed by atoms with Gasteiger partial charge in [-0.25, -0.2) is 13.5 Å². The molecule has 0 spiro atoms. The van der Waals surface area contributed by atoms with Crippen LogP contribution in [-0.4, -0.2) is 20.3 Å². The number of carbonyl (C=O) groups is 1. The molecule has 140 valence electrons. The number of aryl methyl sites for hydroxylation is 1. The van der Waals surface area contributed by atoms with Gasteiger partial charge in [-0.05, 0) is 43.3 Å². The van der Waals surface area contributed by atoms with Crippen LogP contribution < -0.4 is 5.32 Å². The minimum Gasteiger partial charge on any atom is -0.319 e. The highest BCUT2D eigenvalue weighted by molar-refractivity contribution is 6.07. The second kappa shape index (κ2) is 7.11. The fourth-order valence-corrected chi connectivity index (χ4v) is 3.02. The van der Waals surface area contributed by atoms with Crippen LogP contribution in [0.1, 0.15) is 16.1 Å². The average molecular weight is 378 g/mol. The Balaban J connectivity index is 1.84. The van der Waals surface area contributed by atoms with Crippen LogP contribution in [0.2, 0.25) is 0 Å². The van der Waals surface area contributed by atoms with Gasteiger partial charge in [0.15, 0.2) is 5.82 Å². The van der Waals surface area contributed by atoms with Gasteiger partial charge in [-0.2, -0.15) is 5.10 Å². The summed E-state index contributed by atoms with van der Waals surface area (Å²) < 4.78 is 30.9. The van der Waals surface area contributed by atoms with Crippen LogP contribution in [0.4, 0.5) is 14.5 Å². The van der Waals surface area contributed by atoms with E-state index in [4.69, 9.17) is 0 Å². The van der Waals surface area contributed by atoms with E-state index in [1.165, 1.54) is 0 Å². The number of nitrogens with zero attached hydrogens (tertiary/aromatic N) is 3. The van der Waals surface area contributed by atoms with E-state index < -0.39 is 17.5 Å². The Morgan fingerprint density at radius 1 is 1.00 bits per heavy atom. The first-order chi connectivity index (χ1) is 13.5. The Hall–Kier alpha value is -3.74. The lowest BCUT2D eigenvalue weighted by Crippen LogP contribution is -2.17. The predicted octanol–water partition coefficient (Wildman–Crippen LogP) is 4.50. The number of amides is 1.